The van der Waals surface area contributed by atoms with E-state index in [9.17, 15) is 19.7 Å². The molecule has 1 N–H and O–H groups in total. The number of nitro groups is 1. The average Bonchev–Trinajstić information content (AvgIpc) is 2.75. The quantitative estimate of drug-likeness (QED) is 0.217. The van der Waals surface area contributed by atoms with Crippen LogP contribution in [0.2, 0.25) is 0 Å². The Hall–Kier alpha value is -2.93. The first-order valence-electron chi connectivity index (χ1n) is 5.15. The molecule has 98 valence electrons. The maximum absolute atomic E-state index is 10.2. The molecule has 9 heteroatoms. The van der Waals surface area contributed by atoms with Crippen LogP contribution in [0.15, 0.2) is 29.4 Å². The molecule has 0 radical (unpaired) electrons. The molecule has 0 spiro atoms. The number of imide groups is 1. The molecule has 0 saturated carbocycles. The van der Waals surface area contributed by atoms with Gasteiger partial charge in [-0.2, -0.15) is 0 Å². The Balaban J connectivity index is 0.000000218. The zero-order chi connectivity index (χ0) is 14.3. The van der Waals surface area contributed by atoms with Gasteiger partial charge in [0.2, 0.25) is 11.8 Å². The summed E-state index contributed by atoms with van der Waals surface area (Å²) in [5, 5.41) is 15.6. The first kappa shape index (κ1) is 14.1. The summed E-state index contributed by atoms with van der Waals surface area (Å²) in [4.78, 5) is 32.4. The van der Waals surface area contributed by atoms with Crippen LogP contribution in [-0.2, 0) is 9.59 Å². The Morgan fingerprint density at radius 3 is 2.05 bits per heavy atom. The molecule has 1 heterocycles. The lowest BCUT2D eigenvalue weighted by atomic mass is 10.3. The normalized spacial score (nSPS) is 12.8. The number of nitro benzene ring substituents is 1. The fourth-order valence-corrected chi connectivity index (χ4v) is 1.20. The third-order valence-corrected chi connectivity index (χ3v) is 2.08. The van der Waals surface area contributed by atoms with Gasteiger partial charge < -0.3 is 0 Å². The summed E-state index contributed by atoms with van der Waals surface area (Å²) in [6.07, 6.45) is 0.748. The van der Waals surface area contributed by atoms with E-state index < -0.39 is 4.92 Å². The number of azide groups is 1. The number of rotatable bonds is 2. The van der Waals surface area contributed by atoms with E-state index in [1.54, 1.807) is 0 Å². The highest BCUT2D eigenvalue weighted by atomic mass is 16.6. The molecule has 2 rings (SSSR count). The zero-order valence-electron chi connectivity index (χ0n) is 9.65. The fraction of sp³-hybridized carbons (Fsp3) is 0.200. The molecule has 1 fully saturated rings. The van der Waals surface area contributed by atoms with Crippen molar-refractivity contribution >= 4 is 23.2 Å². The van der Waals surface area contributed by atoms with Crippen LogP contribution in [-0.4, -0.2) is 16.7 Å². The second kappa shape index (κ2) is 6.72. The highest BCUT2D eigenvalue weighted by Crippen LogP contribution is 2.17. The van der Waals surface area contributed by atoms with Gasteiger partial charge in [-0.05, 0) is 17.7 Å². The maximum Gasteiger partial charge on any atom is 0.269 e. The second-order valence-corrected chi connectivity index (χ2v) is 3.43. The van der Waals surface area contributed by atoms with Crippen LogP contribution in [0.1, 0.15) is 12.8 Å². The van der Waals surface area contributed by atoms with Crippen molar-refractivity contribution in [2.45, 2.75) is 12.8 Å². The number of hydrogen-bond donors (Lipinski definition) is 1. The molecule has 0 unspecified atom stereocenters. The smallest absolute Gasteiger partial charge is 0.269 e. The summed E-state index contributed by atoms with van der Waals surface area (Å²) >= 11 is 0. The van der Waals surface area contributed by atoms with E-state index in [2.05, 4.69) is 15.3 Å². The Morgan fingerprint density at radius 1 is 1.21 bits per heavy atom. The molecule has 1 aromatic rings. The number of amides is 2. The zero-order valence-corrected chi connectivity index (χ0v) is 9.65. The predicted octanol–water partition coefficient (Wildman–Crippen LogP) is 1.96. The van der Waals surface area contributed by atoms with Crippen molar-refractivity contribution in [1.29, 1.82) is 0 Å². The van der Waals surface area contributed by atoms with E-state index in [0.29, 0.717) is 18.5 Å². The van der Waals surface area contributed by atoms with Crippen LogP contribution in [0.4, 0.5) is 11.4 Å². The predicted molar refractivity (Wildman–Crippen MR) is 64.3 cm³/mol. The molecule has 9 nitrogen and oxygen atoms in total. The summed E-state index contributed by atoms with van der Waals surface area (Å²) in [7, 11) is 0. The standard InChI is InChI=1S/C6H4N4O2.C4H5NO2/c7-9-8-5-1-3-6(4-2-5)10(11)12;6-3-1-2-4(7)5-3/h1-4H;1-2H2,(H,5,6,7). The monoisotopic (exact) mass is 263 g/mol. The highest BCUT2D eigenvalue weighted by molar-refractivity contribution is 6.01. The van der Waals surface area contributed by atoms with E-state index in [1.807, 2.05) is 0 Å². The molecule has 1 aliphatic heterocycles. The van der Waals surface area contributed by atoms with Gasteiger partial charge in [-0.1, -0.05) is 5.11 Å². The Kier molecular flexibility index (Phi) is 5.00. The molecule has 0 bridgehead atoms. The van der Waals surface area contributed by atoms with Crippen molar-refractivity contribution in [2.24, 2.45) is 5.11 Å². The number of carbonyl (C=O) groups is 2. The van der Waals surface area contributed by atoms with Crippen molar-refractivity contribution < 1.29 is 14.5 Å². The van der Waals surface area contributed by atoms with E-state index >= 15 is 0 Å². The minimum absolute atomic E-state index is 0.0214. The largest absolute Gasteiger partial charge is 0.296 e. The van der Waals surface area contributed by atoms with Crippen molar-refractivity contribution in [3.63, 3.8) is 0 Å². The van der Waals surface area contributed by atoms with Gasteiger partial charge in [0.15, 0.2) is 0 Å². The van der Waals surface area contributed by atoms with Gasteiger partial charge in [0.1, 0.15) is 0 Å². The SMILES string of the molecule is O=C1CCC(=O)N1.[N-]=[N+]=Nc1ccc([N+](=O)[O-])cc1. The van der Waals surface area contributed by atoms with E-state index in [0.717, 1.165) is 0 Å². The lowest BCUT2D eigenvalue weighted by Crippen LogP contribution is -2.18. The van der Waals surface area contributed by atoms with Crippen LogP contribution in [0.5, 0.6) is 0 Å². The molecule has 0 atom stereocenters. The molecule has 1 aromatic carbocycles. The number of non-ortho nitro benzene ring substituents is 1. The third-order valence-electron chi connectivity index (χ3n) is 2.08. The molecule has 0 aliphatic carbocycles. The lowest BCUT2D eigenvalue weighted by Gasteiger charge is -1.90. The number of nitrogens with one attached hydrogen (secondary N) is 1. The van der Waals surface area contributed by atoms with Crippen LogP contribution in [0.3, 0.4) is 0 Å². The van der Waals surface area contributed by atoms with Crippen LogP contribution < -0.4 is 5.32 Å². The molecular weight excluding hydrogens is 254 g/mol. The van der Waals surface area contributed by atoms with E-state index in [4.69, 9.17) is 5.53 Å². The highest BCUT2D eigenvalue weighted by Gasteiger charge is 2.15. The summed E-state index contributed by atoms with van der Waals surface area (Å²) in [5.41, 5.74) is 8.37. The summed E-state index contributed by atoms with van der Waals surface area (Å²) < 4.78 is 0. The number of benzene rings is 1. The van der Waals surface area contributed by atoms with Gasteiger partial charge in [-0.25, -0.2) is 0 Å². The topological polar surface area (TPSA) is 138 Å². The van der Waals surface area contributed by atoms with E-state index in [1.165, 1.54) is 24.3 Å². The molecule has 1 aliphatic rings. The number of hydrogen-bond acceptors (Lipinski definition) is 5. The molecule has 0 aromatic heterocycles. The van der Waals surface area contributed by atoms with Crippen LogP contribution in [0, 0.1) is 10.1 Å². The fourth-order valence-electron chi connectivity index (χ4n) is 1.20. The molecule has 2 amide bonds. The number of nitrogens with zero attached hydrogens (tertiary/aromatic N) is 4. The molecule has 19 heavy (non-hydrogen) atoms. The van der Waals surface area contributed by atoms with Crippen molar-refractivity contribution in [3.8, 4) is 0 Å². The van der Waals surface area contributed by atoms with Gasteiger partial charge in [0.05, 0.1) is 4.92 Å². The van der Waals surface area contributed by atoms with Crippen molar-refractivity contribution in [3.05, 3.63) is 44.8 Å². The van der Waals surface area contributed by atoms with Gasteiger partial charge in [0.25, 0.3) is 5.69 Å². The average molecular weight is 263 g/mol. The number of carbonyl (C=O) groups excluding carboxylic acids is 2. The second-order valence-electron chi connectivity index (χ2n) is 3.43. The van der Waals surface area contributed by atoms with Gasteiger partial charge >= 0.3 is 0 Å². The maximum atomic E-state index is 10.2. The van der Waals surface area contributed by atoms with Crippen molar-refractivity contribution in [2.75, 3.05) is 0 Å². The van der Waals surface area contributed by atoms with Crippen LogP contribution in [0.25, 0.3) is 10.4 Å². The lowest BCUT2D eigenvalue weighted by molar-refractivity contribution is -0.384. The molecular formula is C10H9N5O4. The van der Waals surface area contributed by atoms with E-state index in [-0.39, 0.29) is 17.5 Å². The first-order chi connectivity index (χ1) is 9.02. The third kappa shape index (κ3) is 4.84. The summed E-state index contributed by atoms with van der Waals surface area (Å²) in [6, 6.07) is 5.34. The Bertz CT molecular complexity index is 513. The van der Waals surface area contributed by atoms with Crippen molar-refractivity contribution in [1.82, 2.24) is 5.32 Å². The summed E-state index contributed by atoms with van der Waals surface area (Å²) in [5.74, 6) is -0.296. The summed E-state index contributed by atoms with van der Waals surface area (Å²) in [6.45, 7) is 0. The Morgan fingerprint density at radius 2 is 1.74 bits per heavy atom. The van der Waals surface area contributed by atoms with Gasteiger partial charge in [0, 0.05) is 35.6 Å². The first-order valence-corrected chi connectivity index (χ1v) is 5.15. The van der Waals surface area contributed by atoms with Crippen LogP contribution >= 0.6 is 0 Å². The minimum atomic E-state index is -0.514. The van der Waals surface area contributed by atoms with Gasteiger partial charge in [-0.15, -0.1) is 0 Å². The molecule has 1 saturated heterocycles. The Labute approximate surface area is 107 Å². The van der Waals surface area contributed by atoms with Gasteiger partial charge in [-0.3, -0.25) is 25.0 Å². The minimum Gasteiger partial charge on any atom is -0.296 e.